The monoisotopic (exact) mass is 418 g/mol. The molecule has 0 radical (unpaired) electrons. The molecule has 4 nitrogen and oxygen atoms in total. The van der Waals surface area contributed by atoms with E-state index in [1.54, 1.807) is 25.1 Å². The van der Waals surface area contributed by atoms with Crippen molar-refractivity contribution in [2.24, 2.45) is 0 Å². The van der Waals surface area contributed by atoms with E-state index in [1.807, 2.05) is 11.9 Å². The maximum Gasteiger partial charge on any atom is 0.313 e. The molecule has 1 aromatic rings. The first-order valence-electron chi connectivity index (χ1n) is 9.03. The van der Waals surface area contributed by atoms with Gasteiger partial charge in [0.1, 0.15) is 0 Å². The smallest absolute Gasteiger partial charge is 0.313 e. The minimum absolute atomic E-state index is 0.397. The zero-order valence-corrected chi connectivity index (χ0v) is 18.0. The Hall–Kier alpha value is -0.460. The number of piperidine rings is 1. The summed E-state index contributed by atoms with van der Waals surface area (Å²) in [6.07, 6.45) is 4.94. The SMILES string of the molecule is CCN(SC)C1CCN(CCC(C)(C(=O)O)c2ccc(Cl)c(Cl)c2)CC1. The van der Waals surface area contributed by atoms with E-state index in [1.165, 1.54) is 0 Å². The van der Waals surface area contributed by atoms with Crippen LogP contribution in [0.5, 0.6) is 0 Å². The summed E-state index contributed by atoms with van der Waals surface area (Å²) >= 11 is 13.9. The fraction of sp³-hybridized carbons (Fsp3) is 0.632. The van der Waals surface area contributed by atoms with Gasteiger partial charge < -0.3 is 10.0 Å². The lowest BCUT2D eigenvalue weighted by Crippen LogP contribution is -2.44. The van der Waals surface area contributed by atoms with Gasteiger partial charge in [-0.2, -0.15) is 0 Å². The van der Waals surface area contributed by atoms with Gasteiger partial charge in [-0.05, 0) is 69.8 Å². The second kappa shape index (κ2) is 9.65. The molecular formula is C19H28Cl2N2O2S. The number of carbonyl (C=O) groups is 1. The largest absolute Gasteiger partial charge is 0.481 e. The molecule has 0 saturated carbocycles. The molecule has 1 heterocycles. The van der Waals surface area contributed by atoms with Gasteiger partial charge >= 0.3 is 5.97 Å². The molecule has 0 amide bonds. The highest BCUT2D eigenvalue weighted by atomic mass is 35.5. The Morgan fingerprint density at radius 1 is 1.35 bits per heavy atom. The van der Waals surface area contributed by atoms with Crippen LogP contribution in [0.2, 0.25) is 10.0 Å². The van der Waals surface area contributed by atoms with Crippen LogP contribution in [0, 0.1) is 0 Å². The summed E-state index contributed by atoms with van der Waals surface area (Å²) in [4.78, 5) is 14.4. The lowest BCUT2D eigenvalue weighted by atomic mass is 9.79. The second-order valence-electron chi connectivity index (χ2n) is 7.00. The highest BCUT2D eigenvalue weighted by molar-refractivity contribution is 7.96. The topological polar surface area (TPSA) is 43.8 Å². The molecule has 0 spiro atoms. The van der Waals surface area contributed by atoms with Crippen molar-refractivity contribution in [3.63, 3.8) is 0 Å². The molecule has 26 heavy (non-hydrogen) atoms. The summed E-state index contributed by atoms with van der Waals surface area (Å²) in [6, 6.07) is 5.74. The number of carboxylic acids is 1. The summed E-state index contributed by atoms with van der Waals surface area (Å²) in [6.45, 7) is 7.81. The Morgan fingerprint density at radius 3 is 2.50 bits per heavy atom. The normalized spacial score (nSPS) is 18.8. The van der Waals surface area contributed by atoms with Crippen molar-refractivity contribution in [3.8, 4) is 0 Å². The average molecular weight is 419 g/mol. The number of hydrogen-bond donors (Lipinski definition) is 1. The summed E-state index contributed by atoms with van der Waals surface area (Å²) in [7, 11) is 0. The van der Waals surface area contributed by atoms with Gasteiger partial charge in [0, 0.05) is 12.6 Å². The van der Waals surface area contributed by atoms with Gasteiger partial charge in [0.25, 0.3) is 0 Å². The van der Waals surface area contributed by atoms with Crippen molar-refractivity contribution in [2.45, 2.75) is 44.6 Å². The molecule has 7 heteroatoms. The van der Waals surface area contributed by atoms with Gasteiger partial charge in [-0.15, -0.1) is 0 Å². The van der Waals surface area contributed by atoms with E-state index in [0.29, 0.717) is 28.1 Å². The molecule has 0 aromatic heterocycles. The van der Waals surface area contributed by atoms with Gasteiger partial charge in [-0.3, -0.25) is 4.79 Å². The number of likely N-dealkylation sites (tertiary alicyclic amines) is 1. The van der Waals surface area contributed by atoms with Gasteiger partial charge in [0.2, 0.25) is 0 Å². The first kappa shape index (κ1) is 21.8. The van der Waals surface area contributed by atoms with Crippen LogP contribution in [0.25, 0.3) is 0 Å². The highest BCUT2D eigenvalue weighted by Gasteiger charge is 2.36. The molecule has 0 aliphatic carbocycles. The second-order valence-corrected chi connectivity index (χ2v) is 8.65. The number of rotatable bonds is 8. The van der Waals surface area contributed by atoms with Crippen LogP contribution in [-0.2, 0) is 10.2 Å². The van der Waals surface area contributed by atoms with Crippen LogP contribution < -0.4 is 0 Å². The molecule has 146 valence electrons. The molecule has 1 unspecified atom stereocenters. The molecule has 1 aliphatic heterocycles. The zero-order valence-electron chi connectivity index (χ0n) is 15.7. The van der Waals surface area contributed by atoms with E-state index in [9.17, 15) is 9.90 Å². The zero-order chi connectivity index (χ0) is 19.3. The Bertz CT molecular complexity index is 620. The van der Waals surface area contributed by atoms with Crippen LogP contribution in [0.1, 0.15) is 38.7 Å². The van der Waals surface area contributed by atoms with E-state index in [0.717, 1.165) is 39.0 Å². The third-order valence-electron chi connectivity index (χ3n) is 5.47. The van der Waals surface area contributed by atoms with E-state index in [4.69, 9.17) is 23.2 Å². The van der Waals surface area contributed by atoms with Crippen molar-refractivity contribution in [2.75, 3.05) is 32.4 Å². The summed E-state index contributed by atoms with van der Waals surface area (Å²) in [5.74, 6) is -0.828. The molecule has 1 N–H and O–H groups in total. The summed E-state index contributed by atoms with van der Waals surface area (Å²) in [5.41, 5.74) is -0.270. The van der Waals surface area contributed by atoms with Gasteiger partial charge in [-0.25, -0.2) is 4.31 Å². The standard InChI is InChI=1S/C19H28Cl2N2O2S/c1-4-23(26-3)15-7-10-22(11-8-15)12-9-19(2,18(24)25)14-5-6-16(20)17(21)13-14/h5-6,13,15H,4,7-12H2,1-3H3,(H,24,25). The van der Waals surface area contributed by atoms with E-state index >= 15 is 0 Å². The third-order valence-corrected chi connectivity index (χ3v) is 7.23. The summed E-state index contributed by atoms with van der Waals surface area (Å²) < 4.78 is 2.44. The van der Waals surface area contributed by atoms with Gasteiger partial charge in [0.05, 0.1) is 15.5 Å². The number of nitrogens with zero attached hydrogens (tertiary/aromatic N) is 2. The van der Waals surface area contributed by atoms with Crippen molar-refractivity contribution >= 4 is 41.1 Å². The molecule has 1 aliphatic rings. The number of aliphatic carboxylic acids is 1. The number of benzene rings is 1. The van der Waals surface area contributed by atoms with E-state index in [2.05, 4.69) is 22.4 Å². The van der Waals surface area contributed by atoms with E-state index in [-0.39, 0.29) is 0 Å². The van der Waals surface area contributed by atoms with Crippen LogP contribution in [0.4, 0.5) is 0 Å². The quantitative estimate of drug-likeness (QED) is 0.614. The molecule has 2 rings (SSSR count). The van der Waals surface area contributed by atoms with Crippen LogP contribution in [-0.4, -0.2) is 58.8 Å². The Morgan fingerprint density at radius 2 is 2.00 bits per heavy atom. The third kappa shape index (κ3) is 5.08. The average Bonchev–Trinajstić information content (AvgIpc) is 2.63. The van der Waals surface area contributed by atoms with Crippen molar-refractivity contribution < 1.29 is 9.90 Å². The molecule has 1 aromatic carbocycles. The van der Waals surface area contributed by atoms with Crippen LogP contribution >= 0.6 is 35.1 Å². The molecule has 1 saturated heterocycles. The number of halogens is 2. The van der Waals surface area contributed by atoms with Gasteiger partial charge in [-0.1, -0.05) is 48.1 Å². The Labute approximate surface area is 171 Å². The minimum atomic E-state index is -0.972. The van der Waals surface area contributed by atoms with Crippen molar-refractivity contribution in [1.29, 1.82) is 0 Å². The Balaban J connectivity index is 1.99. The molecular weight excluding hydrogens is 391 g/mol. The molecule has 1 fully saturated rings. The molecule has 0 bridgehead atoms. The highest BCUT2D eigenvalue weighted by Crippen LogP contribution is 2.33. The summed E-state index contributed by atoms with van der Waals surface area (Å²) in [5, 5.41) is 10.7. The number of carboxylic acid groups (broad SMARTS) is 1. The van der Waals surface area contributed by atoms with Crippen molar-refractivity contribution in [1.82, 2.24) is 9.21 Å². The maximum absolute atomic E-state index is 12.0. The minimum Gasteiger partial charge on any atom is -0.481 e. The number of hydrogen-bond acceptors (Lipinski definition) is 4. The van der Waals surface area contributed by atoms with Crippen LogP contribution in [0.3, 0.4) is 0 Å². The first-order valence-corrected chi connectivity index (χ1v) is 11.0. The first-order chi connectivity index (χ1) is 12.3. The predicted molar refractivity (Wildman–Crippen MR) is 111 cm³/mol. The molecule has 1 atom stereocenters. The van der Waals surface area contributed by atoms with Crippen molar-refractivity contribution in [3.05, 3.63) is 33.8 Å². The van der Waals surface area contributed by atoms with Crippen LogP contribution in [0.15, 0.2) is 18.2 Å². The predicted octanol–water partition coefficient (Wildman–Crippen LogP) is 4.79. The fourth-order valence-electron chi connectivity index (χ4n) is 3.56. The Kier molecular flexibility index (Phi) is 8.10. The van der Waals surface area contributed by atoms with E-state index < -0.39 is 11.4 Å². The fourth-order valence-corrected chi connectivity index (χ4v) is 4.63. The maximum atomic E-state index is 12.0. The van der Waals surface area contributed by atoms with Gasteiger partial charge in [0.15, 0.2) is 0 Å². The lowest BCUT2D eigenvalue weighted by molar-refractivity contribution is -0.143. The lowest BCUT2D eigenvalue weighted by Gasteiger charge is -2.38.